The van der Waals surface area contributed by atoms with Crippen molar-refractivity contribution >= 4 is 10.0 Å². The van der Waals surface area contributed by atoms with Crippen molar-refractivity contribution in [3.63, 3.8) is 0 Å². The van der Waals surface area contributed by atoms with Gasteiger partial charge < -0.3 is 5.73 Å². The van der Waals surface area contributed by atoms with E-state index < -0.39 is 10.0 Å². The molecule has 2 N–H and O–H groups in total. The van der Waals surface area contributed by atoms with Crippen LogP contribution in [-0.4, -0.2) is 25.8 Å². The molecule has 1 aliphatic rings. The molecule has 1 saturated carbocycles. The average Bonchev–Trinajstić information content (AvgIpc) is 3.25. The lowest BCUT2D eigenvalue weighted by Gasteiger charge is -2.23. The van der Waals surface area contributed by atoms with E-state index in [2.05, 4.69) is 0 Å². The van der Waals surface area contributed by atoms with Crippen LogP contribution in [0.5, 0.6) is 0 Å². The van der Waals surface area contributed by atoms with E-state index in [9.17, 15) is 8.42 Å². The fraction of sp³-hybridized carbons (Fsp3) is 0.625. The molecule has 0 unspecified atom stereocenters. The third-order valence-corrected chi connectivity index (χ3v) is 6.16. The normalized spacial score (nSPS) is 15.7. The minimum absolute atomic E-state index is 0.361. The molecule has 2 rings (SSSR count). The second-order valence-electron chi connectivity index (χ2n) is 6.05. The number of hydrogen-bond acceptors (Lipinski definition) is 3. The summed E-state index contributed by atoms with van der Waals surface area (Å²) in [6.07, 6.45) is 3.13. The van der Waals surface area contributed by atoms with Crippen LogP contribution >= 0.6 is 0 Å². The molecule has 1 aromatic carbocycles. The first-order valence-corrected chi connectivity index (χ1v) is 9.14. The van der Waals surface area contributed by atoms with Crippen LogP contribution in [0.4, 0.5) is 0 Å². The second kappa shape index (κ2) is 6.46. The maximum absolute atomic E-state index is 13.0. The van der Waals surface area contributed by atoms with Crippen LogP contribution in [0.25, 0.3) is 0 Å². The summed E-state index contributed by atoms with van der Waals surface area (Å²) in [5, 5.41) is 0. The molecule has 0 aliphatic heterocycles. The van der Waals surface area contributed by atoms with Gasteiger partial charge in [-0.3, -0.25) is 0 Å². The lowest BCUT2D eigenvalue weighted by Crippen LogP contribution is -2.34. The van der Waals surface area contributed by atoms with Crippen molar-refractivity contribution in [1.29, 1.82) is 0 Å². The van der Waals surface area contributed by atoms with Crippen LogP contribution in [0.15, 0.2) is 17.0 Å². The van der Waals surface area contributed by atoms with Gasteiger partial charge in [0.2, 0.25) is 10.0 Å². The predicted octanol–water partition coefficient (Wildman–Crippen LogP) is 2.57. The van der Waals surface area contributed by atoms with Gasteiger partial charge in [-0.2, -0.15) is 4.31 Å². The minimum Gasteiger partial charge on any atom is -0.326 e. The Morgan fingerprint density at radius 3 is 2.48 bits per heavy atom. The van der Waals surface area contributed by atoms with E-state index in [-0.39, 0.29) is 0 Å². The third-order valence-electron chi connectivity index (χ3n) is 4.16. The summed E-state index contributed by atoms with van der Waals surface area (Å²) in [6.45, 7) is 7.44. The zero-order chi connectivity index (χ0) is 15.6. The Morgan fingerprint density at radius 1 is 1.29 bits per heavy atom. The molecule has 0 amide bonds. The average molecular weight is 310 g/mol. The summed E-state index contributed by atoms with van der Waals surface area (Å²) in [4.78, 5) is 0.428. The van der Waals surface area contributed by atoms with Crippen molar-refractivity contribution in [2.75, 3.05) is 13.1 Å². The Labute approximate surface area is 128 Å². The first kappa shape index (κ1) is 16.5. The molecule has 4 nitrogen and oxygen atoms in total. The van der Waals surface area contributed by atoms with Crippen LogP contribution in [0.2, 0.25) is 0 Å². The molecule has 0 spiro atoms. The lowest BCUT2D eigenvalue weighted by atomic mass is 10.1. The van der Waals surface area contributed by atoms with Crippen LogP contribution < -0.4 is 5.73 Å². The largest absolute Gasteiger partial charge is 0.326 e. The Balaban J connectivity index is 2.42. The zero-order valence-electron chi connectivity index (χ0n) is 13.2. The highest BCUT2D eigenvalue weighted by atomic mass is 32.2. The molecule has 0 saturated heterocycles. The van der Waals surface area contributed by atoms with Gasteiger partial charge in [-0.1, -0.05) is 13.0 Å². The maximum atomic E-state index is 13.0. The fourth-order valence-electron chi connectivity index (χ4n) is 2.57. The van der Waals surface area contributed by atoms with Crippen molar-refractivity contribution in [3.05, 3.63) is 28.8 Å². The number of nitrogens with two attached hydrogens (primary N) is 1. The molecule has 21 heavy (non-hydrogen) atoms. The van der Waals surface area contributed by atoms with Gasteiger partial charge in [-0.05, 0) is 61.8 Å². The van der Waals surface area contributed by atoms with Gasteiger partial charge in [0.25, 0.3) is 0 Å². The summed E-state index contributed by atoms with van der Waals surface area (Å²) >= 11 is 0. The van der Waals surface area contributed by atoms with Crippen LogP contribution in [0.1, 0.15) is 42.9 Å². The molecule has 0 atom stereocenters. The van der Waals surface area contributed by atoms with Gasteiger partial charge in [0.05, 0.1) is 4.90 Å². The first-order valence-electron chi connectivity index (χ1n) is 7.70. The summed E-state index contributed by atoms with van der Waals surface area (Å²) in [7, 11) is -3.43. The van der Waals surface area contributed by atoms with Crippen molar-refractivity contribution in [1.82, 2.24) is 4.31 Å². The zero-order valence-corrected chi connectivity index (χ0v) is 14.0. The van der Waals surface area contributed by atoms with Crippen LogP contribution in [-0.2, 0) is 16.6 Å². The first-order chi connectivity index (χ1) is 9.90. The van der Waals surface area contributed by atoms with Gasteiger partial charge >= 0.3 is 0 Å². The van der Waals surface area contributed by atoms with E-state index in [1.165, 1.54) is 0 Å². The molecule has 1 aliphatic carbocycles. The molecule has 0 heterocycles. The van der Waals surface area contributed by atoms with Crippen molar-refractivity contribution < 1.29 is 8.42 Å². The Kier molecular flexibility index (Phi) is 5.07. The standard InChI is InChI=1S/C16H26N2O2S/c1-4-7-18(11-14-5-6-14)21(19,20)16-9-15(10-17)8-12(2)13(16)3/h8-9,14H,4-7,10-11,17H2,1-3H3. The van der Waals surface area contributed by atoms with Crippen molar-refractivity contribution in [3.8, 4) is 0 Å². The topological polar surface area (TPSA) is 63.4 Å². The molecule has 1 aromatic rings. The number of aryl methyl sites for hydroxylation is 1. The van der Waals surface area contributed by atoms with Gasteiger partial charge in [-0.25, -0.2) is 8.42 Å². The van der Waals surface area contributed by atoms with Crippen LogP contribution in [0, 0.1) is 19.8 Å². The summed E-state index contributed by atoms with van der Waals surface area (Å²) in [5.41, 5.74) is 8.40. The number of sulfonamides is 1. The van der Waals surface area contributed by atoms with Crippen LogP contribution in [0.3, 0.4) is 0 Å². The summed E-state index contributed by atoms with van der Waals surface area (Å²) < 4.78 is 27.7. The van der Waals surface area contributed by atoms with E-state index in [0.29, 0.717) is 30.4 Å². The highest BCUT2D eigenvalue weighted by molar-refractivity contribution is 7.89. The number of hydrogen-bond donors (Lipinski definition) is 1. The number of nitrogens with zero attached hydrogens (tertiary/aromatic N) is 1. The molecule has 5 heteroatoms. The van der Waals surface area contributed by atoms with E-state index in [1.807, 2.05) is 26.8 Å². The Hall–Kier alpha value is -0.910. The number of rotatable bonds is 7. The smallest absolute Gasteiger partial charge is 0.243 e. The fourth-order valence-corrected chi connectivity index (χ4v) is 4.53. The SMILES string of the molecule is CCCN(CC1CC1)S(=O)(=O)c1cc(CN)cc(C)c1C. The molecular weight excluding hydrogens is 284 g/mol. The second-order valence-corrected chi connectivity index (χ2v) is 7.95. The van der Waals surface area contributed by atoms with Gasteiger partial charge in [-0.15, -0.1) is 0 Å². The highest BCUT2D eigenvalue weighted by Crippen LogP contribution is 2.32. The minimum atomic E-state index is -3.43. The maximum Gasteiger partial charge on any atom is 0.243 e. The molecule has 0 bridgehead atoms. The van der Waals surface area contributed by atoms with E-state index in [4.69, 9.17) is 5.73 Å². The molecule has 1 fully saturated rings. The Morgan fingerprint density at radius 2 is 1.95 bits per heavy atom. The van der Waals surface area contributed by atoms with Crippen molar-refractivity contribution in [2.24, 2.45) is 11.7 Å². The monoisotopic (exact) mass is 310 g/mol. The molecular formula is C16H26N2O2S. The molecule has 118 valence electrons. The van der Waals surface area contributed by atoms with Gasteiger partial charge in [0.1, 0.15) is 0 Å². The predicted molar refractivity (Wildman–Crippen MR) is 85.6 cm³/mol. The molecule has 0 radical (unpaired) electrons. The highest BCUT2D eigenvalue weighted by Gasteiger charge is 2.32. The molecule has 0 aromatic heterocycles. The van der Waals surface area contributed by atoms with Crippen molar-refractivity contribution in [2.45, 2.75) is 51.5 Å². The quantitative estimate of drug-likeness (QED) is 0.842. The van der Waals surface area contributed by atoms with E-state index in [1.54, 1.807) is 10.4 Å². The summed E-state index contributed by atoms with van der Waals surface area (Å²) in [5.74, 6) is 0.547. The van der Waals surface area contributed by atoms with Gasteiger partial charge in [0, 0.05) is 19.6 Å². The Bertz CT molecular complexity index is 607. The third kappa shape index (κ3) is 3.65. The van der Waals surface area contributed by atoms with Gasteiger partial charge in [0.15, 0.2) is 0 Å². The van der Waals surface area contributed by atoms with E-state index in [0.717, 1.165) is 36.0 Å². The lowest BCUT2D eigenvalue weighted by molar-refractivity contribution is 0.395. The van der Waals surface area contributed by atoms with E-state index >= 15 is 0 Å². The summed E-state index contributed by atoms with van der Waals surface area (Å²) in [6, 6.07) is 3.71. The number of benzene rings is 1.